The number of ketones is 1. The standard InChI is InChI=1S/C14H17NO2/c16-13-4-2-1-3-9(13)7-11-12-6-5-10(15-12)8-14(11)17/h1-4,10-12,15-16H,5-8H2. The molecule has 2 aliphatic rings. The van der Waals surface area contributed by atoms with E-state index in [-0.39, 0.29) is 5.92 Å². The van der Waals surface area contributed by atoms with E-state index in [0.717, 1.165) is 18.4 Å². The quantitative estimate of drug-likeness (QED) is 0.813. The van der Waals surface area contributed by atoms with Crippen LogP contribution in [-0.4, -0.2) is 23.0 Å². The van der Waals surface area contributed by atoms with Crippen LogP contribution in [0.5, 0.6) is 5.75 Å². The van der Waals surface area contributed by atoms with Gasteiger partial charge in [-0.05, 0) is 30.9 Å². The highest BCUT2D eigenvalue weighted by atomic mass is 16.3. The zero-order chi connectivity index (χ0) is 11.8. The van der Waals surface area contributed by atoms with E-state index < -0.39 is 0 Å². The van der Waals surface area contributed by atoms with Gasteiger partial charge in [-0.15, -0.1) is 0 Å². The number of benzene rings is 1. The van der Waals surface area contributed by atoms with Crippen LogP contribution in [0, 0.1) is 5.92 Å². The molecule has 3 atom stereocenters. The summed E-state index contributed by atoms with van der Waals surface area (Å²) in [4.78, 5) is 12.0. The Morgan fingerprint density at radius 3 is 2.94 bits per heavy atom. The number of hydrogen-bond acceptors (Lipinski definition) is 3. The van der Waals surface area contributed by atoms with Gasteiger partial charge in [0.05, 0.1) is 0 Å². The molecule has 0 aromatic heterocycles. The number of fused-ring (bicyclic) bond motifs is 2. The lowest BCUT2D eigenvalue weighted by Crippen LogP contribution is -2.46. The van der Waals surface area contributed by atoms with Gasteiger partial charge in [-0.1, -0.05) is 18.2 Å². The number of phenols is 1. The molecule has 2 aliphatic heterocycles. The summed E-state index contributed by atoms with van der Waals surface area (Å²) in [6, 6.07) is 8.05. The molecule has 3 heteroatoms. The number of para-hydroxylation sites is 1. The van der Waals surface area contributed by atoms with E-state index >= 15 is 0 Å². The van der Waals surface area contributed by atoms with Crippen LogP contribution in [0.4, 0.5) is 0 Å². The molecule has 90 valence electrons. The van der Waals surface area contributed by atoms with Gasteiger partial charge in [0.15, 0.2) is 0 Å². The fraction of sp³-hybridized carbons (Fsp3) is 0.500. The van der Waals surface area contributed by atoms with Crippen molar-refractivity contribution in [3.8, 4) is 5.75 Å². The molecular formula is C14H17NO2. The minimum atomic E-state index is 0.0436. The Morgan fingerprint density at radius 2 is 2.12 bits per heavy atom. The Hall–Kier alpha value is -1.35. The fourth-order valence-corrected chi connectivity index (χ4v) is 3.12. The van der Waals surface area contributed by atoms with Gasteiger partial charge in [0.25, 0.3) is 0 Å². The van der Waals surface area contributed by atoms with E-state index in [4.69, 9.17) is 0 Å². The predicted octanol–water partition coefficient (Wildman–Crippen LogP) is 1.64. The maximum Gasteiger partial charge on any atom is 0.139 e. The second-order valence-corrected chi connectivity index (χ2v) is 5.16. The largest absolute Gasteiger partial charge is 0.508 e. The fourth-order valence-electron chi connectivity index (χ4n) is 3.12. The summed E-state index contributed by atoms with van der Waals surface area (Å²) in [5.74, 6) is 0.710. The lowest BCUT2D eigenvalue weighted by molar-refractivity contribution is -0.125. The topological polar surface area (TPSA) is 49.3 Å². The van der Waals surface area contributed by atoms with Gasteiger partial charge in [-0.2, -0.15) is 0 Å². The van der Waals surface area contributed by atoms with Crippen molar-refractivity contribution in [2.75, 3.05) is 0 Å². The van der Waals surface area contributed by atoms with Gasteiger partial charge in [0.1, 0.15) is 11.5 Å². The van der Waals surface area contributed by atoms with Gasteiger partial charge in [-0.25, -0.2) is 0 Å². The van der Waals surface area contributed by atoms with Crippen molar-refractivity contribution in [1.82, 2.24) is 5.32 Å². The Labute approximate surface area is 101 Å². The van der Waals surface area contributed by atoms with Gasteiger partial charge >= 0.3 is 0 Å². The summed E-state index contributed by atoms with van der Waals surface area (Å²) in [5, 5.41) is 13.3. The molecule has 2 heterocycles. The minimum Gasteiger partial charge on any atom is -0.508 e. The molecule has 0 amide bonds. The first-order chi connectivity index (χ1) is 8.24. The van der Waals surface area contributed by atoms with Crippen LogP contribution in [0.2, 0.25) is 0 Å². The third-order valence-electron chi connectivity index (χ3n) is 4.05. The molecule has 3 rings (SSSR count). The number of carbonyl (C=O) groups is 1. The van der Waals surface area contributed by atoms with E-state index in [2.05, 4.69) is 5.32 Å². The maximum absolute atomic E-state index is 12.0. The summed E-state index contributed by atoms with van der Waals surface area (Å²) in [6.45, 7) is 0. The van der Waals surface area contributed by atoms with Crippen LogP contribution < -0.4 is 5.32 Å². The first kappa shape index (κ1) is 10.8. The predicted molar refractivity (Wildman–Crippen MR) is 64.9 cm³/mol. The van der Waals surface area contributed by atoms with E-state index in [1.54, 1.807) is 6.07 Å². The first-order valence-corrected chi connectivity index (χ1v) is 6.29. The molecule has 2 N–H and O–H groups in total. The highest BCUT2D eigenvalue weighted by Crippen LogP contribution is 2.32. The second kappa shape index (κ2) is 4.15. The van der Waals surface area contributed by atoms with Gasteiger partial charge < -0.3 is 10.4 Å². The molecule has 2 bridgehead atoms. The smallest absolute Gasteiger partial charge is 0.139 e. The molecule has 0 radical (unpaired) electrons. The normalized spacial score (nSPS) is 31.8. The average Bonchev–Trinajstić information content (AvgIpc) is 2.70. The van der Waals surface area contributed by atoms with Crippen molar-refractivity contribution in [3.05, 3.63) is 29.8 Å². The monoisotopic (exact) mass is 231 g/mol. The maximum atomic E-state index is 12.0. The number of phenolic OH excluding ortho intramolecular Hbond substituents is 1. The van der Waals surface area contributed by atoms with Crippen molar-refractivity contribution in [1.29, 1.82) is 0 Å². The molecule has 1 aromatic carbocycles. The van der Waals surface area contributed by atoms with E-state index in [1.807, 2.05) is 18.2 Å². The number of nitrogens with one attached hydrogen (secondary N) is 1. The zero-order valence-electron chi connectivity index (χ0n) is 9.73. The van der Waals surface area contributed by atoms with Gasteiger partial charge in [-0.3, -0.25) is 4.79 Å². The Morgan fingerprint density at radius 1 is 1.29 bits per heavy atom. The van der Waals surface area contributed by atoms with E-state index in [9.17, 15) is 9.90 Å². The Kier molecular flexibility index (Phi) is 2.63. The van der Waals surface area contributed by atoms with Crippen LogP contribution in [0.15, 0.2) is 24.3 Å². The number of aromatic hydroxyl groups is 1. The number of Topliss-reactive ketones (excluding diaryl/α,β-unsaturated/α-hetero) is 1. The van der Waals surface area contributed by atoms with Crippen molar-refractivity contribution in [2.45, 2.75) is 37.8 Å². The molecule has 3 nitrogen and oxygen atoms in total. The lowest BCUT2D eigenvalue weighted by Gasteiger charge is -2.29. The van der Waals surface area contributed by atoms with Crippen LogP contribution in [0.1, 0.15) is 24.8 Å². The second-order valence-electron chi connectivity index (χ2n) is 5.16. The molecule has 2 fully saturated rings. The Balaban J connectivity index is 1.80. The van der Waals surface area contributed by atoms with Gasteiger partial charge in [0, 0.05) is 24.4 Å². The lowest BCUT2D eigenvalue weighted by atomic mass is 9.85. The van der Waals surface area contributed by atoms with E-state index in [1.165, 1.54) is 0 Å². The van der Waals surface area contributed by atoms with E-state index in [0.29, 0.717) is 36.5 Å². The summed E-state index contributed by atoms with van der Waals surface area (Å²) < 4.78 is 0. The number of carbonyl (C=O) groups excluding carboxylic acids is 1. The van der Waals surface area contributed by atoms with Crippen molar-refractivity contribution in [3.63, 3.8) is 0 Å². The van der Waals surface area contributed by atoms with Crippen molar-refractivity contribution in [2.24, 2.45) is 5.92 Å². The van der Waals surface area contributed by atoms with Crippen molar-refractivity contribution >= 4 is 5.78 Å². The number of piperidine rings is 1. The third kappa shape index (κ3) is 1.95. The highest BCUT2D eigenvalue weighted by Gasteiger charge is 2.40. The molecule has 3 unspecified atom stereocenters. The molecule has 1 aromatic rings. The summed E-state index contributed by atoms with van der Waals surface area (Å²) in [6.07, 6.45) is 3.53. The first-order valence-electron chi connectivity index (χ1n) is 6.29. The van der Waals surface area contributed by atoms with Crippen LogP contribution in [0.25, 0.3) is 0 Å². The third-order valence-corrected chi connectivity index (χ3v) is 4.05. The molecular weight excluding hydrogens is 214 g/mol. The van der Waals surface area contributed by atoms with Crippen LogP contribution in [0.3, 0.4) is 0 Å². The Bertz CT molecular complexity index is 444. The van der Waals surface area contributed by atoms with Crippen molar-refractivity contribution < 1.29 is 9.90 Å². The molecule has 17 heavy (non-hydrogen) atoms. The summed E-state index contributed by atoms with van der Waals surface area (Å²) >= 11 is 0. The summed E-state index contributed by atoms with van der Waals surface area (Å²) in [5.41, 5.74) is 0.887. The molecule has 0 saturated carbocycles. The number of rotatable bonds is 2. The molecule has 0 aliphatic carbocycles. The summed E-state index contributed by atoms with van der Waals surface area (Å²) in [7, 11) is 0. The minimum absolute atomic E-state index is 0.0436. The number of hydrogen-bond donors (Lipinski definition) is 2. The van der Waals surface area contributed by atoms with Gasteiger partial charge in [0.2, 0.25) is 0 Å². The SMILES string of the molecule is O=C1CC2CCC(N2)C1Cc1ccccc1O. The van der Waals surface area contributed by atoms with Crippen LogP contribution in [-0.2, 0) is 11.2 Å². The molecule has 0 spiro atoms. The molecule has 2 saturated heterocycles. The zero-order valence-corrected chi connectivity index (χ0v) is 9.73. The van der Waals surface area contributed by atoms with Crippen LogP contribution >= 0.6 is 0 Å². The average molecular weight is 231 g/mol. The highest BCUT2D eigenvalue weighted by molar-refractivity contribution is 5.84.